The smallest absolute Gasteiger partial charge is 0.397 e. The Morgan fingerprint density at radius 2 is 2.19 bits per heavy atom. The topological polar surface area (TPSA) is 102 Å². The van der Waals surface area contributed by atoms with Crippen molar-refractivity contribution in [2.75, 3.05) is 13.6 Å². The van der Waals surface area contributed by atoms with Gasteiger partial charge < -0.3 is 14.4 Å². The average molecular weight is 395 g/mol. The summed E-state index contributed by atoms with van der Waals surface area (Å²) in [4.78, 5) is 13.7. The van der Waals surface area contributed by atoms with Crippen molar-refractivity contribution >= 4 is 16.4 Å². The van der Waals surface area contributed by atoms with Gasteiger partial charge in [0.2, 0.25) is 0 Å². The molecule has 1 aliphatic carbocycles. The number of hydrogen-bond donors (Lipinski definition) is 1. The van der Waals surface area contributed by atoms with Crippen LogP contribution in [0.5, 0.6) is 11.5 Å². The molecule has 3 aliphatic rings. The van der Waals surface area contributed by atoms with Crippen LogP contribution in [0.3, 0.4) is 0 Å². The van der Waals surface area contributed by atoms with E-state index in [2.05, 4.69) is 4.90 Å². The third-order valence-corrected chi connectivity index (χ3v) is 5.90. The maximum atomic E-state index is 11.5. The van der Waals surface area contributed by atoms with Gasteiger partial charge in [-0.05, 0) is 31.6 Å². The molecule has 9 heteroatoms. The quantitative estimate of drug-likeness (QED) is 0.356. The first-order chi connectivity index (χ1) is 12.7. The number of nitrogens with zero attached hydrogens (tertiary/aromatic N) is 1. The largest absolute Gasteiger partial charge is 0.485 e. The molecule has 0 aromatic heterocycles. The number of esters is 1. The first kappa shape index (κ1) is 18.4. The van der Waals surface area contributed by atoms with Crippen molar-refractivity contribution in [1.29, 1.82) is 0 Å². The Hall–Kier alpha value is -1.94. The maximum absolute atomic E-state index is 11.5. The maximum Gasteiger partial charge on any atom is 0.397 e. The Bertz CT molecular complexity index is 926. The zero-order valence-electron chi connectivity index (χ0n) is 15.0. The Morgan fingerprint density at radius 3 is 2.89 bits per heavy atom. The molecule has 27 heavy (non-hydrogen) atoms. The first-order valence-corrected chi connectivity index (χ1v) is 10.1. The van der Waals surface area contributed by atoms with Gasteiger partial charge in [0.1, 0.15) is 12.2 Å². The average Bonchev–Trinajstić information content (AvgIpc) is 2.81. The van der Waals surface area contributed by atoms with Crippen molar-refractivity contribution in [2.45, 2.75) is 43.9 Å². The van der Waals surface area contributed by atoms with Crippen molar-refractivity contribution in [3.8, 4) is 11.5 Å². The molecule has 4 rings (SSSR count). The van der Waals surface area contributed by atoms with E-state index in [0.29, 0.717) is 11.5 Å². The summed E-state index contributed by atoms with van der Waals surface area (Å²) < 4.78 is 47.4. The summed E-state index contributed by atoms with van der Waals surface area (Å²) in [6, 6.07) is 3.68. The fourth-order valence-electron chi connectivity index (χ4n) is 4.37. The van der Waals surface area contributed by atoms with Gasteiger partial charge in [0, 0.05) is 25.5 Å². The second kappa shape index (κ2) is 6.30. The van der Waals surface area contributed by atoms with Gasteiger partial charge in [0.05, 0.1) is 5.41 Å². The second-order valence-electron chi connectivity index (χ2n) is 7.31. The molecule has 146 valence electrons. The fraction of sp³-hybridized carbons (Fsp3) is 0.500. The molecule has 8 nitrogen and oxygen atoms in total. The number of ether oxygens (including phenoxy) is 2. The zero-order valence-corrected chi connectivity index (χ0v) is 15.9. The van der Waals surface area contributed by atoms with Crippen molar-refractivity contribution in [2.24, 2.45) is 0 Å². The van der Waals surface area contributed by atoms with Crippen LogP contribution in [0.2, 0.25) is 0 Å². The van der Waals surface area contributed by atoms with Crippen LogP contribution in [0.4, 0.5) is 0 Å². The Labute approximate surface area is 157 Å². The molecule has 2 aliphatic heterocycles. The van der Waals surface area contributed by atoms with Crippen molar-refractivity contribution in [1.82, 2.24) is 4.90 Å². The predicted octanol–water partition coefficient (Wildman–Crippen LogP) is 1.59. The van der Waals surface area contributed by atoms with Gasteiger partial charge in [0.25, 0.3) is 0 Å². The molecule has 0 fully saturated rings. The summed E-state index contributed by atoms with van der Waals surface area (Å²) in [5.41, 5.74) is 1.62. The lowest BCUT2D eigenvalue weighted by Crippen LogP contribution is -2.43. The molecule has 0 saturated carbocycles. The van der Waals surface area contributed by atoms with E-state index in [9.17, 15) is 13.2 Å². The summed E-state index contributed by atoms with van der Waals surface area (Å²) in [5, 5.41) is 0. The van der Waals surface area contributed by atoms with Gasteiger partial charge in [0.15, 0.2) is 11.5 Å². The van der Waals surface area contributed by atoms with E-state index in [0.717, 1.165) is 30.6 Å². The summed E-state index contributed by atoms with van der Waals surface area (Å²) in [6.45, 7) is 2.89. The minimum absolute atomic E-state index is 0.258. The van der Waals surface area contributed by atoms with Crippen LogP contribution in [0.25, 0.3) is 0 Å². The van der Waals surface area contributed by atoms with Gasteiger partial charge >= 0.3 is 16.4 Å². The lowest BCUT2D eigenvalue weighted by Gasteiger charge is -2.36. The van der Waals surface area contributed by atoms with Crippen LogP contribution >= 0.6 is 0 Å². The summed E-state index contributed by atoms with van der Waals surface area (Å²) >= 11 is 0. The highest BCUT2D eigenvalue weighted by Crippen LogP contribution is 2.55. The van der Waals surface area contributed by atoms with E-state index in [-0.39, 0.29) is 12.5 Å². The van der Waals surface area contributed by atoms with Crippen molar-refractivity contribution < 1.29 is 31.4 Å². The van der Waals surface area contributed by atoms with E-state index in [4.69, 9.17) is 18.2 Å². The standard InChI is InChI=1S/C18H21NO7S/c1-11(20)24-14-4-3-12-10-19(2)8-7-18-6-5-13(26-27(21,22)23)9-15(18)25-17(14)16(12)18/h3-6,13,15H,7-10H2,1-2H3,(H,21,22,23)/t13-,15-,18?/m0/s1. The third-order valence-electron chi connectivity index (χ3n) is 5.41. The number of carbonyl (C=O) groups excluding carboxylic acids is 1. The molecule has 2 heterocycles. The van der Waals surface area contributed by atoms with Crippen molar-refractivity contribution in [3.05, 3.63) is 35.4 Å². The fourth-order valence-corrected chi connectivity index (χ4v) is 4.82. The molecule has 1 N–H and O–H groups in total. The van der Waals surface area contributed by atoms with Gasteiger partial charge in [-0.1, -0.05) is 18.2 Å². The number of hydrogen-bond acceptors (Lipinski definition) is 7. The van der Waals surface area contributed by atoms with Crippen LogP contribution < -0.4 is 9.47 Å². The molecule has 1 unspecified atom stereocenters. The molecule has 1 spiro atoms. The molecule has 1 aromatic rings. The number of carbonyl (C=O) groups is 1. The second-order valence-corrected chi connectivity index (χ2v) is 8.36. The summed E-state index contributed by atoms with van der Waals surface area (Å²) in [5.74, 6) is 0.452. The molecular formula is C18H21NO7S. The van der Waals surface area contributed by atoms with Gasteiger partial charge in [-0.15, -0.1) is 0 Å². The highest BCUT2D eigenvalue weighted by Gasteiger charge is 2.53. The molecule has 0 bridgehead atoms. The highest BCUT2D eigenvalue weighted by atomic mass is 32.3. The summed E-state index contributed by atoms with van der Waals surface area (Å²) in [7, 11) is -2.53. The van der Waals surface area contributed by atoms with E-state index < -0.39 is 27.9 Å². The van der Waals surface area contributed by atoms with Crippen molar-refractivity contribution in [3.63, 3.8) is 0 Å². The molecule has 0 saturated heterocycles. The Kier molecular flexibility index (Phi) is 4.30. The molecular weight excluding hydrogens is 374 g/mol. The highest BCUT2D eigenvalue weighted by molar-refractivity contribution is 7.80. The van der Waals surface area contributed by atoms with Crippen LogP contribution in [0.1, 0.15) is 30.9 Å². The zero-order chi connectivity index (χ0) is 19.4. The molecule has 3 atom stereocenters. The monoisotopic (exact) mass is 395 g/mol. The van der Waals surface area contributed by atoms with E-state index in [1.165, 1.54) is 6.92 Å². The van der Waals surface area contributed by atoms with Crippen LogP contribution in [-0.4, -0.2) is 49.6 Å². The predicted molar refractivity (Wildman–Crippen MR) is 95.0 cm³/mol. The lowest BCUT2D eigenvalue weighted by atomic mass is 9.69. The molecule has 0 radical (unpaired) electrons. The van der Waals surface area contributed by atoms with Gasteiger partial charge in [-0.25, -0.2) is 4.18 Å². The lowest BCUT2D eigenvalue weighted by molar-refractivity contribution is -0.132. The van der Waals surface area contributed by atoms with Crippen LogP contribution in [-0.2, 0) is 31.3 Å². The van der Waals surface area contributed by atoms with Crippen LogP contribution in [0.15, 0.2) is 24.3 Å². The third kappa shape index (κ3) is 3.25. The van der Waals surface area contributed by atoms with E-state index in [1.54, 1.807) is 12.1 Å². The molecule has 1 aromatic carbocycles. The summed E-state index contributed by atoms with van der Waals surface area (Å²) in [6.07, 6.45) is 3.41. The molecule has 0 amide bonds. The Morgan fingerprint density at radius 1 is 1.41 bits per heavy atom. The van der Waals surface area contributed by atoms with Crippen LogP contribution in [0, 0.1) is 0 Å². The number of rotatable bonds is 3. The van der Waals surface area contributed by atoms with Gasteiger partial charge in [-0.3, -0.25) is 9.35 Å². The van der Waals surface area contributed by atoms with Gasteiger partial charge in [-0.2, -0.15) is 8.42 Å². The minimum atomic E-state index is -4.56. The minimum Gasteiger partial charge on any atom is -0.485 e. The number of benzene rings is 1. The normalized spacial score (nSPS) is 29.4. The van der Waals surface area contributed by atoms with E-state index in [1.807, 2.05) is 19.2 Å². The SMILES string of the molecule is CC(=O)Oc1ccc2c3c1O[C@H]1C[C@@H](OS(=O)(=O)O)C=CC31CCN(C)C2. The Balaban J connectivity index is 1.81. The van der Waals surface area contributed by atoms with E-state index >= 15 is 0 Å². The first-order valence-electron chi connectivity index (χ1n) is 8.73.